The highest BCUT2D eigenvalue weighted by molar-refractivity contribution is 9.10. The molecule has 0 aliphatic rings. The van der Waals surface area contributed by atoms with E-state index in [0.717, 1.165) is 51.1 Å². The number of carboxylic acids is 1. The molecular weight excluding hydrogens is 432 g/mol. The second kappa shape index (κ2) is 7.99. The van der Waals surface area contributed by atoms with Crippen molar-refractivity contribution in [3.63, 3.8) is 0 Å². The summed E-state index contributed by atoms with van der Waals surface area (Å²) < 4.78 is 3.03. The normalized spacial score (nSPS) is 12.8. The second-order valence-corrected chi connectivity index (χ2v) is 8.35. The monoisotopic (exact) mass is 454 g/mol. The number of aromatic nitrogens is 4. The highest BCUT2D eigenvalue weighted by atomic mass is 79.9. The molecule has 0 spiro atoms. The van der Waals surface area contributed by atoms with Gasteiger partial charge in [0.2, 0.25) is 0 Å². The minimum Gasteiger partial charge on any atom is -0.478 e. The lowest BCUT2D eigenvalue weighted by Gasteiger charge is -2.24. The van der Waals surface area contributed by atoms with E-state index in [1.54, 1.807) is 18.3 Å². The van der Waals surface area contributed by atoms with Gasteiger partial charge < -0.3 is 5.11 Å². The van der Waals surface area contributed by atoms with Crippen LogP contribution >= 0.6 is 15.9 Å². The van der Waals surface area contributed by atoms with Gasteiger partial charge in [-0.15, -0.1) is 0 Å². The molecular formula is C22H23BrN4O2. The molecule has 1 unspecified atom stereocenters. The quantitative estimate of drug-likeness (QED) is 0.370. The van der Waals surface area contributed by atoms with Crippen molar-refractivity contribution >= 4 is 43.7 Å². The smallest absolute Gasteiger partial charge is 0.335 e. The molecule has 0 fully saturated rings. The van der Waals surface area contributed by atoms with E-state index in [4.69, 9.17) is 0 Å². The summed E-state index contributed by atoms with van der Waals surface area (Å²) in [4.78, 5) is 11.3. The molecule has 0 aliphatic heterocycles. The van der Waals surface area contributed by atoms with Crippen molar-refractivity contribution in [2.75, 3.05) is 0 Å². The van der Waals surface area contributed by atoms with Crippen LogP contribution < -0.4 is 0 Å². The Morgan fingerprint density at radius 1 is 1.17 bits per heavy atom. The fourth-order valence-corrected chi connectivity index (χ4v) is 4.53. The molecule has 7 heteroatoms. The summed E-state index contributed by atoms with van der Waals surface area (Å²) in [6.07, 6.45) is 6.71. The van der Waals surface area contributed by atoms with Gasteiger partial charge >= 0.3 is 5.97 Å². The highest BCUT2D eigenvalue weighted by Gasteiger charge is 2.24. The number of halogens is 1. The molecule has 0 aliphatic carbocycles. The molecule has 150 valence electrons. The number of hydrogen-bond donors (Lipinski definition) is 2. The maximum absolute atomic E-state index is 11.3. The van der Waals surface area contributed by atoms with Crippen LogP contribution in [-0.2, 0) is 0 Å². The number of aromatic carboxylic acids is 1. The number of benzene rings is 2. The van der Waals surface area contributed by atoms with E-state index in [0.29, 0.717) is 5.92 Å². The van der Waals surface area contributed by atoms with Gasteiger partial charge in [-0.2, -0.15) is 10.2 Å². The third-order valence-corrected chi connectivity index (χ3v) is 6.21. The molecule has 2 N–H and O–H groups in total. The molecule has 2 aromatic heterocycles. The SMILES string of the molecule is CCC(CC)CC(c1cc(Br)cc2cn[nH]c12)n1ncc2cc(C(=O)O)ccc21. The predicted molar refractivity (Wildman–Crippen MR) is 117 cm³/mol. The fraction of sp³-hybridized carbons (Fsp3) is 0.318. The predicted octanol–water partition coefficient (Wildman–Crippen LogP) is 5.79. The average Bonchev–Trinajstić information content (AvgIpc) is 3.35. The summed E-state index contributed by atoms with van der Waals surface area (Å²) >= 11 is 3.64. The Hall–Kier alpha value is -2.67. The minimum absolute atomic E-state index is 0.00790. The zero-order chi connectivity index (χ0) is 20.5. The summed E-state index contributed by atoms with van der Waals surface area (Å²) in [6, 6.07) is 9.37. The van der Waals surface area contributed by atoms with E-state index in [1.165, 1.54) is 0 Å². The molecule has 0 saturated carbocycles. The van der Waals surface area contributed by atoms with Crippen LogP contribution in [-0.4, -0.2) is 31.1 Å². The first kappa shape index (κ1) is 19.6. The first-order chi connectivity index (χ1) is 14.0. The van der Waals surface area contributed by atoms with Crippen LogP contribution in [0, 0.1) is 5.92 Å². The second-order valence-electron chi connectivity index (χ2n) is 7.43. The minimum atomic E-state index is -0.931. The van der Waals surface area contributed by atoms with Gasteiger partial charge in [0.05, 0.1) is 35.0 Å². The molecule has 1 atom stereocenters. The lowest BCUT2D eigenvalue weighted by Crippen LogP contribution is -2.17. The number of H-pyrrole nitrogens is 1. The number of rotatable bonds is 7. The van der Waals surface area contributed by atoms with Crippen LogP contribution in [0.15, 0.2) is 47.2 Å². The van der Waals surface area contributed by atoms with Crippen molar-refractivity contribution in [2.24, 2.45) is 5.92 Å². The summed E-state index contributed by atoms with van der Waals surface area (Å²) in [6.45, 7) is 4.44. The zero-order valence-corrected chi connectivity index (χ0v) is 18.0. The topological polar surface area (TPSA) is 83.8 Å². The van der Waals surface area contributed by atoms with Gasteiger partial charge in [0.15, 0.2) is 0 Å². The largest absolute Gasteiger partial charge is 0.478 e. The molecule has 29 heavy (non-hydrogen) atoms. The Balaban J connectivity index is 1.90. The molecule has 0 amide bonds. The number of nitrogens with zero attached hydrogens (tertiary/aromatic N) is 3. The summed E-state index contributed by atoms with van der Waals surface area (Å²) in [5.74, 6) is -0.381. The summed E-state index contributed by atoms with van der Waals surface area (Å²) in [5, 5.41) is 23.3. The van der Waals surface area contributed by atoms with Crippen molar-refractivity contribution in [1.29, 1.82) is 0 Å². The Morgan fingerprint density at radius 2 is 1.97 bits per heavy atom. The van der Waals surface area contributed by atoms with Crippen molar-refractivity contribution in [3.05, 3.63) is 58.3 Å². The van der Waals surface area contributed by atoms with Crippen molar-refractivity contribution in [3.8, 4) is 0 Å². The van der Waals surface area contributed by atoms with Gasteiger partial charge in [-0.3, -0.25) is 9.78 Å². The first-order valence-electron chi connectivity index (χ1n) is 9.84. The average molecular weight is 455 g/mol. The van der Waals surface area contributed by atoms with Crippen LogP contribution in [0.5, 0.6) is 0 Å². The molecule has 0 bridgehead atoms. The third kappa shape index (κ3) is 3.67. The van der Waals surface area contributed by atoms with Crippen LogP contribution in [0.2, 0.25) is 0 Å². The van der Waals surface area contributed by atoms with E-state index in [2.05, 4.69) is 57.2 Å². The molecule has 4 rings (SSSR count). The first-order valence-corrected chi connectivity index (χ1v) is 10.6. The molecule has 6 nitrogen and oxygen atoms in total. The van der Waals surface area contributed by atoms with E-state index in [-0.39, 0.29) is 11.6 Å². The van der Waals surface area contributed by atoms with E-state index in [1.807, 2.05) is 16.9 Å². The van der Waals surface area contributed by atoms with Gasteiger partial charge in [0, 0.05) is 20.8 Å². The summed E-state index contributed by atoms with van der Waals surface area (Å²) in [7, 11) is 0. The van der Waals surface area contributed by atoms with Gasteiger partial charge in [0.25, 0.3) is 0 Å². The summed E-state index contributed by atoms with van der Waals surface area (Å²) in [5.41, 5.74) is 3.34. The fourth-order valence-electron chi connectivity index (χ4n) is 4.04. The number of carbonyl (C=O) groups is 1. The maximum Gasteiger partial charge on any atom is 0.335 e. The Kier molecular flexibility index (Phi) is 5.41. The van der Waals surface area contributed by atoms with Gasteiger partial charge in [-0.05, 0) is 42.7 Å². The number of fused-ring (bicyclic) bond motifs is 2. The molecule has 0 radical (unpaired) electrons. The van der Waals surface area contributed by atoms with Gasteiger partial charge in [0.1, 0.15) is 0 Å². The van der Waals surface area contributed by atoms with Crippen LogP contribution in [0.1, 0.15) is 55.1 Å². The van der Waals surface area contributed by atoms with Crippen LogP contribution in [0.4, 0.5) is 0 Å². The Labute approximate surface area is 177 Å². The lowest BCUT2D eigenvalue weighted by atomic mass is 9.90. The number of hydrogen-bond acceptors (Lipinski definition) is 3. The molecule has 2 aromatic carbocycles. The molecule has 0 saturated heterocycles. The molecule has 4 aromatic rings. The van der Waals surface area contributed by atoms with Crippen molar-refractivity contribution < 1.29 is 9.90 Å². The van der Waals surface area contributed by atoms with Crippen molar-refractivity contribution in [2.45, 2.75) is 39.2 Å². The number of nitrogens with one attached hydrogen (secondary N) is 1. The Morgan fingerprint density at radius 3 is 2.69 bits per heavy atom. The maximum atomic E-state index is 11.3. The van der Waals surface area contributed by atoms with Gasteiger partial charge in [-0.1, -0.05) is 42.6 Å². The van der Waals surface area contributed by atoms with E-state index in [9.17, 15) is 9.90 Å². The molecule has 2 heterocycles. The number of carboxylic acid groups (broad SMARTS) is 1. The lowest BCUT2D eigenvalue weighted by molar-refractivity contribution is 0.0697. The van der Waals surface area contributed by atoms with Crippen LogP contribution in [0.25, 0.3) is 21.8 Å². The number of aromatic amines is 1. The van der Waals surface area contributed by atoms with E-state index < -0.39 is 5.97 Å². The van der Waals surface area contributed by atoms with Gasteiger partial charge in [-0.25, -0.2) is 4.79 Å². The highest BCUT2D eigenvalue weighted by Crippen LogP contribution is 2.36. The van der Waals surface area contributed by atoms with Crippen LogP contribution in [0.3, 0.4) is 0 Å². The third-order valence-electron chi connectivity index (χ3n) is 5.75. The standard InChI is InChI=1S/C22H23BrN4O2/c1-3-13(4-2)7-20(18-10-17(23)9-16-11-24-26-21(16)18)27-19-6-5-14(22(28)29)8-15(19)12-25-27/h5-6,8-13,20H,3-4,7H2,1-2H3,(H,24,26)(H,28,29). The zero-order valence-electron chi connectivity index (χ0n) is 16.4. The van der Waals surface area contributed by atoms with E-state index >= 15 is 0 Å². The Bertz CT molecular complexity index is 1180. The van der Waals surface area contributed by atoms with Crippen molar-refractivity contribution in [1.82, 2.24) is 20.0 Å².